The Kier molecular flexibility index (Phi) is 2.95. The van der Waals surface area contributed by atoms with E-state index in [-0.39, 0.29) is 0 Å². The number of nitrogens with one attached hydrogen (secondary N) is 2. The van der Waals surface area contributed by atoms with Gasteiger partial charge in [-0.15, -0.1) is 0 Å². The van der Waals surface area contributed by atoms with Crippen LogP contribution in [0.1, 0.15) is 25.7 Å². The van der Waals surface area contributed by atoms with Gasteiger partial charge >= 0.3 is 0 Å². The Balaban J connectivity index is 1.81. The zero-order valence-corrected chi connectivity index (χ0v) is 10.5. The molecule has 1 aromatic rings. The van der Waals surface area contributed by atoms with Crippen molar-refractivity contribution in [1.29, 1.82) is 0 Å². The van der Waals surface area contributed by atoms with Gasteiger partial charge in [0.1, 0.15) is 6.33 Å². The highest BCUT2D eigenvalue weighted by molar-refractivity contribution is 5.63. The molecule has 98 valence electrons. The van der Waals surface area contributed by atoms with Gasteiger partial charge in [0.2, 0.25) is 5.75 Å². The van der Waals surface area contributed by atoms with Crippen LogP contribution in [0, 0.1) is 11.8 Å². The molecule has 1 aromatic heterocycles. The number of aromatic nitrogens is 2. The number of anilines is 2. The topological polar surface area (TPSA) is 85.1 Å². The second-order valence-corrected chi connectivity index (χ2v) is 5.09. The molecule has 0 aliphatic heterocycles. The molecule has 0 spiro atoms. The number of hydrogen-bond acceptors (Lipinski definition) is 6. The van der Waals surface area contributed by atoms with E-state index in [1.807, 2.05) is 0 Å². The Morgan fingerprint density at radius 3 is 2.33 bits per heavy atom. The van der Waals surface area contributed by atoms with E-state index < -0.39 is 0 Å². The Morgan fingerprint density at radius 2 is 1.83 bits per heavy atom. The molecule has 2 fully saturated rings. The fraction of sp³-hybridized carbons (Fsp3) is 0.667. The average Bonchev–Trinajstić information content (AvgIpc) is 3.28. The number of nitrogens with zero attached hydrogens (tertiary/aromatic N) is 2. The summed E-state index contributed by atoms with van der Waals surface area (Å²) in [6.07, 6.45) is 6.79. The van der Waals surface area contributed by atoms with E-state index in [9.17, 15) is 0 Å². The number of rotatable bonds is 6. The molecule has 6 heteroatoms. The minimum absolute atomic E-state index is 0.514. The highest BCUT2D eigenvalue weighted by atomic mass is 16.5. The van der Waals surface area contributed by atoms with Crippen LogP contribution in [-0.4, -0.2) is 23.1 Å². The van der Waals surface area contributed by atoms with E-state index in [0.29, 0.717) is 17.6 Å². The molecule has 0 radical (unpaired) electrons. The molecule has 6 nitrogen and oxygen atoms in total. The molecule has 2 aliphatic rings. The van der Waals surface area contributed by atoms with Crippen LogP contribution in [-0.2, 0) is 0 Å². The summed E-state index contributed by atoms with van der Waals surface area (Å²) in [5.74, 6) is 8.86. The first-order valence-corrected chi connectivity index (χ1v) is 6.45. The lowest BCUT2D eigenvalue weighted by Crippen LogP contribution is -2.25. The zero-order valence-electron chi connectivity index (χ0n) is 10.5. The molecule has 0 saturated heterocycles. The van der Waals surface area contributed by atoms with Gasteiger partial charge in [0.25, 0.3) is 0 Å². The summed E-state index contributed by atoms with van der Waals surface area (Å²) in [5.41, 5.74) is 2.53. The normalized spacial score (nSPS) is 18.8. The highest BCUT2D eigenvalue weighted by Crippen LogP contribution is 2.46. The Morgan fingerprint density at radius 1 is 1.22 bits per heavy atom. The van der Waals surface area contributed by atoms with Gasteiger partial charge in [0.15, 0.2) is 11.6 Å². The maximum absolute atomic E-state index is 5.42. The molecule has 0 unspecified atom stereocenters. The van der Waals surface area contributed by atoms with E-state index in [0.717, 1.165) is 17.7 Å². The van der Waals surface area contributed by atoms with Crippen LogP contribution in [0.2, 0.25) is 0 Å². The first-order valence-electron chi connectivity index (χ1n) is 6.45. The van der Waals surface area contributed by atoms with Crippen molar-refractivity contribution in [3.63, 3.8) is 0 Å². The number of nitrogen functional groups attached to an aromatic ring is 1. The molecule has 2 saturated carbocycles. The molecule has 3 rings (SSSR count). The van der Waals surface area contributed by atoms with Crippen LogP contribution in [0.4, 0.5) is 11.6 Å². The Bertz CT molecular complexity index is 418. The molecule has 0 amide bonds. The summed E-state index contributed by atoms with van der Waals surface area (Å²) in [6.45, 7) is 0. The van der Waals surface area contributed by atoms with Crippen molar-refractivity contribution in [3.05, 3.63) is 6.33 Å². The highest BCUT2D eigenvalue weighted by Gasteiger charge is 2.42. The quantitative estimate of drug-likeness (QED) is 0.521. The molecular formula is C12H19N5O. The monoisotopic (exact) mass is 249 g/mol. The van der Waals surface area contributed by atoms with Crippen molar-refractivity contribution in [2.24, 2.45) is 17.7 Å². The third kappa shape index (κ3) is 2.20. The minimum Gasteiger partial charge on any atom is -0.490 e. The molecule has 0 bridgehead atoms. The lowest BCUT2D eigenvalue weighted by Gasteiger charge is -2.20. The smallest absolute Gasteiger partial charge is 0.205 e. The first kappa shape index (κ1) is 11.5. The third-order valence-electron chi connectivity index (χ3n) is 3.71. The largest absolute Gasteiger partial charge is 0.490 e. The van der Waals surface area contributed by atoms with Gasteiger partial charge in [-0.3, -0.25) is 0 Å². The van der Waals surface area contributed by atoms with Gasteiger partial charge < -0.3 is 15.5 Å². The Labute approximate surface area is 106 Å². The summed E-state index contributed by atoms with van der Waals surface area (Å²) < 4.78 is 5.34. The average molecular weight is 249 g/mol. The van der Waals surface area contributed by atoms with Crippen LogP contribution in [0.5, 0.6) is 5.75 Å². The summed E-state index contributed by atoms with van der Waals surface area (Å²) in [5, 5.41) is 3.53. The maximum atomic E-state index is 5.42. The van der Waals surface area contributed by atoms with Gasteiger partial charge in [0, 0.05) is 6.04 Å². The molecule has 2 aliphatic carbocycles. The fourth-order valence-electron chi connectivity index (χ4n) is 2.46. The van der Waals surface area contributed by atoms with E-state index in [1.54, 1.807) is 7.11 Å². The predicted octanol–water partition coefficient (Wildman–Crippen LogP) is 1.37. The van der Waals surface area contributed by atoms with Gasteiger partial charge in [-0.05, 0) is 37.5 Å². The van der Waals surface area contributed by atoms with Crippen molar-refractivity contribution in [3.8, 4) is 5.75 Å². The Hall–Kier alpha value is -1.56. The second-order valence-electron chi connectivity index (χ2n) is 5.09. The number of hydrazine groups is 1. The van der Waals surface area contributed by atoms with E-state index in [1.165, 1.54) is 32.0 Å². The van der Waals surface area contributed by atoms with Crippen molar-refractivity contribution >= 4 is 11.6 Å². The van der Waals surface area contributed by atoms with Crippen molar-refractivity contribution < 1.29 is 4.74 Å². The molecular weight excluding hydrogens is 230 g/mol. The second kappa shape index (κ2) is 4.61. The van der Waals surface area contributed by atoms with E-state index in [2.05, 4.69) is 20.7 Å². The standard InChI is InChI=1S/C12H19N5O/c1-18-10-11(14-6-15-12(10)17-13)16-9(7-2-3-7)8-4-5-8/h6-9H,2-5,13H2,1H3,(H2,14,15,16,17). The number of methoxy groups -OCH3 is 1. The SMILES string of the molecule is COc1c(NN)ncnc1NC(C1CC1)C1CC1. The molecule has 0 atom stereocenters. The summed E-state index contributed by atoms with van der Waals surface area (Å²) in [6, 6.07) is 0.527. The van der Waals surface area contributed by atoms with Crippen molar-refractivity contribution in [1.82, 2.24) is 9.97 Å². The third-order valence-corrected chi connectivity index (χ3v) is 3.71. The maximum Gasteiger partial charge on any atom is 0.205 e. The van der Waals surface area contributed by atoms with Crippen molar-refractivity contribution in [2.45, 2.75) is 31.7 Å². The molecule has 0 aromatic carbocycles. The summed E-state index contributed by atoms with van der Waals surface area (Å²) in [7, 11) is 1.61. The molecule has 1 heterocycles. The van der Waals surface area contributed by atoms with Gasteiger partial charge in [-0.1, -0.05) is 0 Å². The number of ether oxygens (including phenoxy) is 1. The lowest BCUT2D eigenvalue weighted by molar-refractivity contribution is 0.413. The van der Waals surface area contributed by atoms with Crippen LogP contribution in [0.15, 0.2) is 6.33 Å². The van der Waals surface area contributed by atoms with Crippen molar-refractivity contribution in [2.75, 3.05) is 17.9 Å². The van der Waals surface area contributed by atoms with Gasteiger partial charge in [0.05, 0.1) is 7.11 Å². The molecule has 18 heavy (non-hydrogen) atoms. The predicted molar refractivity (Wildman–Crippen MR) is 69.3 cm³/mol. The lowest BCUT2D eigenvalue weighted by atomic mass is 10.1. The molecule has 4 N–H and O–H groups in total. The first-order chi connectivity index (χ1) is 8.83. The van der Waals surface area contributed by atoms with E-state index in [4.69, 9.17) is 10.6 Å². The number of hydrogen-bond donors (Lipinski definition) is 3. The van der Waals surface area contributed by atoms with Crippen LogP contribution >= 0.6 is 0 Å². The van der Waals surface area contributed by atoms with E-state index >= 15 is 0 Å². The fourth-order valence-corrected chi connectivity index (χ4v) is 2.46. The van der Waals surface area contributed by atoms with Gasteiger partial charge in [-0.2, -0.15) is 0 Å². The minimum atomic E-state index is 0.514. The van der Waals surface area contributed by atoms with Crippen LogP contribution in [0.3, 0.4) is 0 Å². The van der Waals surface area contributed by atoms with Crippen LogP contribution < -0.4 is 21.3 Å². The van der Waals surface area contributed by atoms with Crippen LogP contribution in [0.25, 0.3) is 0 Å². The number of nitrogens with two attached hydrogens (primary N) is 1. The summed E-state index contributed by atoms with van der Waals surface area (Å²) in [4.78, 5) is 8.32. The van der Waals surface area contributed by atoms with Gasteiger partial charge in [-0.25, -0.2) is 15.8 Å². The zero-order chi connectivity index (χ0) is 12.5. The summed E-state index contributed by atoms with van der Waals surface area (Å²) >= 11 is 0.